The standard InChI is InChI=1S/C16H22N4O2/c1-16(2,3)19-14(21)10-20(4)9-13-17-12-8-6-5-7-11(12)15(22)18-13/h5-8H,9-10H2,1-4H3,(H,19,21)(H,17,18,22)/p+1. The Hall–Kier alpha value is -2.21. The van der Waals surface area contributed by atoms with E-state index in [-0.39, 0.29) is 17.0 Å². The lowest BCUT2D eigenvalue weighted by Crippen LogP contribution is -3.09. The average Bonchev–Trinajstić information content (AvgIpc) is 2.35. The minimum absolute atomic E-state index is 0.0202. The fourth-order valence-corrected chi connectivity index (χ4v) is 2.30. The van der Waals surface area contributed by atoms with Crippen LogP contribution in [0.2, 0.25) is 0 Å². The van der Waals surface area contributed by atoms with Gasteiger partial charge in [-0.15, -0.1) is 0 Å². The summed E-state index contributed by atoms with van der Waals surface area (Å²) in [7, 11) is 1.90. The Morgan fingerprint density at radius 3 is 2.68 bits per heavy atom. The summed E-state index contributed by atoms with van der Waals surface area (Å²) in [6.45, 7) is 6.65. The van der Waals surface area contributed by atoms with Crippen molar-refractivity contribution < 1.29 is 9.69 Å². The van der Waals surface area contributed by atoms with Gasteiger partial charge in [-0.25, -0.2) is 4.98 Å². The third kappa shape index (κ3) is 4.39. The van der Waals surface area contributed by atoms with Crippen molar-refractivity contribution in [3.63, 3.8) is 0 Å². The zero-order valence-corrected chi connectivity index (χ0v) is 13.5. The van der Waals surface area contributed by atoms with Crippen molar-refractivity contribution in [3.05, 3.63) is 40.4 Å². The number of carbonyl (C=O) groups is 1. The van der Waals surface area contributed by atoms with E-state index in [9.17, 15) is 9.59 Å². The summed E-state index contributed by atoms with van der Waals surface area (Å²) in [5, 5.41) is 3.50. The largest absolute Gasteiger partial charge is 0.347 e. The Labute approximate surface area is 129 Å². The van der Waals surface area contributed by atoms with Crippen molar-refractivity contribution in [1.82, 2.24) is 15.3 Å². The number of likely N-dealkylation sites (N-methyl/N-ethyl adjacent to an activating group) is 1. The van der Waals surface area contributed by atoms with Crippen molar-refractivity contribution in [2.24, 2.45) is 0 Å². The molecule has 6 heteroatoms. The van der Waals surface area contributed by atoms with Crippen molar-refractivity contribution in [2.75, 3.05) is 13.6 Å². The maximum Gasteiger partial charge on any atom is 0.275 e. The van der Waals surface area contributed by atoms with E-state index in [0.29, 0.717) is 29.8 Å². The van der Waals surface area contributed by atoms with Gasteiger partial charge in [-0.3, -0.25) is 9.59 Å². The van der Waals surface area contributed by atoms with Crippen LogP contribution in [0.4, 0.5) is 0 Å². The quantitative estimate of drug-likeness (QED) is 0.735. The van der Waals surface area contributed by atoms with Gasteiger partial charge in [0.2, 0.25) is 0 Å². The number of fused-ring (bicyclic) bond motifs is 1. The molecular formula is C16H23N4O2+. The Kier molecular flexibility index (Phi) is 4.61. The van der Waals surface area contributed by atoms with Crippen molar-refractivity contribution in [2.45, 2.75) is 32.9 Å². The normalized spacial score (nSPS) is 13.1. The van der Waals surface area contributed by atoms with E-state index in [0.717, 1.165) is 4.90 Å². The summed E-state index contributed by atoms with van der Waals surface area (Å²) >= 11 is 0. The Morgan fingerprint density at radius 2 is 2.00 bits per heavy atom. The van der Waals surface area contributed by atoms with Gasteiger partial charge in [0.05, 0.1) is 18.0 Å². The maximum absolute atomic E-state index is 12.0. The number of carbonyl (C=O) groups excluding carboxylic acids is 1. The monoisotopic (exact) mass is 303 g/mol. The minimum atomic E-state index is -0.243. The highest BCUT2D eigenvalue weighted by Crippen LogP contribution is 2.04. The third-order valence-electron chi connectivity index (χ3n) is 3.11. The van der Waals surface area contributed by atoms with E-state index < -0.39 is 0 Å². The average molecular weight is 303 g/mol. The fraction of sp³-hybridized carbons (Fsp3) is 0.438. The van der Waals surface area contributed by atoms with Gasteiger partial charge >= 0.3 is 0 Å². The first-order valence-electron chi connectivity index (χ1n) is 7.35. The number of nitrogens with one attached hydrogen (secondary N) is 3. The molecular weight excluding hydrogens is 280 g/mol. The molecule has 0 saturated heterocycles. The lowest BCUT2D eigenvalue weighted by molar-refractivity contribution is -0.886. The molecule has 3 N–H and O–H groups in total. The summed E-state index contributed by atoms with van der Waals surface area (Å²) in [6.07, 6.45) is 0. The topological polar surface area (TPSA) is 79.3 Å². The zero-order valence-electron chi connectivity index (χ0n) is 13.5. The molecule has 1 aromatic heterocycles. The summed E-state index contributed by atoms with van der Waals surface area (Å²) in [6, 6.07) is 7.23. The molecule has 118 valence electrons. The predicted molar refractivity (Wildman–Crippen MR) is 85.7 cm³/mol. The SMILES string of the molecule is C[NH+](CC(=O)NC(C)(C)C)Cc1nc2ccccc2c(=O)[nH]1. The van der Waals surface area contributed by atoms with E-state index in [1.807, 2.05) is 46.0 Å². The molecule has 0 spiro atoms. The summed E-state index contributed by atoms with van der Waals surface area (Å²) in [4.78, 5) is 32.1. The Morgan fingerprint density at radius 1 is 1.32 bits per heavy atom. The molecule has 1 unspecified atom stereocenters. The first-order chi connectivity index (χ1) is 10.2. The molecule has 2 rings (SSSR count). The predicted octanol–water partition coefficient (Wildman–Crippen LogP) is -0.147. The number of para-hydroxylation sites is 1. The molecule has 0 saturated carbocycles. The number of amides is 1. The number of hydrogen-bond donors (Lipinski definition) is 3. The summed E-state index contributed by atoms with van der Waals surface area (Å²) < 4.78 is 0. The van der Waals surface area contributed by atoms with Crippen LogP contribution in [0.5, 0.6) is 0 Å². The molecule has 0 bridgehead atoms. The second-order valence-corrected chi connectivity index (χ2v) is 6.64. The molecule has 0 aliphatic heterocycles. The van der Waals surface area contributed by atoms with Gasteiger partial charge in [0.15, 0.2) is 12.4 Å². The number of rotatable bonds is 4. The number of H-pyrrole nitrogens is 1. The number of nitrogens with zero attached hydrogens (tertiary/aromatic N) is 1. The van der Waals surface area contributed by atoms with Crippen LogP contribution in [0.3, 0.4) is 0 Å². The van der Waals surface area contributed by atoms with E-state index in [1.54, 1.807) is 6.07 Å². The molecule has 0 aliphatic rings. The van der Waals surface area contributed by atoms with Crippen LogP contribution in [-0.2, 0) is 11.3 Å². The molecule has 0 aliphatic carbocycles. The van der Waals surface area contributed by atoms with Gasteiger partial charge in [-0.1, -0.05) is 12.1 Å². The molecule has 1 heterocycles. The van der Waals surface area contributed by atoms with Gasteiger partial charge < -0.3 is 15.2 Å². The van der Waals surface area contributed by atoms with Gasteiger partial charge in [-0.2, -0.15) is 0 Å². The lowest BCUT2D eigenvalue weighted by atomic mass is 10.1. The number of quaternary nitrogens is 1. The molecule has 0 fully saturated rings. The summed E-state index contributed by atoms with van der Waals surface area (Å²) in [5.74, 6) is 0.567. The van der Waals surface area contributed by atoms with Crippen LogP contribution in [-0.4, -0.2) is 35.0 Å². The molecule has 1 amide bonds. The molecule has 1 atom stereocenters. The zero-order chi connectivity index (χ0) is 16.3. The van der Waals surface area contributed by atoms with E-state index in [2.05, 4.69) is 15.3 Å². The molecule has 6 nitrogen and oxygen atoms in total. The van der Waals surface area contributed by atoms with Crippen LogP contribution >= 0.6 is 0 Å². The first-order valence-corrected chi connectivity index (χ1v) is 7.35. The summed E-state index contributed by atoms with van der Waals surface area (Å²) in [5.41, 5.74) is 0.285. The second-order valence-electron chi connectivity index (χ2n) is 6.64. The highest BCUT2D eigenvalue weighted by molar-refractivity contribution is 5.78. The number of aromatic nitrogens is 2. The third-order valence-corrected chi connectivity index (χ3v) is 3.11. The van der Waals surface area contributed by atoms with Crippen LogP contribution < -0.4 is 15.8 Å². The molecule has 22 heavy (non-hydrogen) atoms. The Bertz CT molecular complexity index is 731. The van der Waals surface area contributed by atoms with Crippen LogP contribution in [0.25, 0.3) is 10.9 Å². The smallest absolute Gasteiger partial charge is 0.275 e. The van der Waals surface area contributed by atoms with E-state index in [1.165, 1.54) is 0 Å². The van der Waals surface area contributed by atoms with Crippen LogP contribution in [0.1, 0.15) is 26.6 Å². The van der Waals surface area contributed by atoms with Crippen LogP contribution in [0.15, 0.2) is 29.1 Å². The maximum atomic E-state index is 12.0. The first kappa shape index (κ1) is 16.2. The van der Waals surface area contributed by atoms with Gasteiger partial charge in [-0.05, 0) is 32.9 Å². The van der Waals surface area contributed by atoms with Gasteiger partial charge in [0.1, 0.15) is 6.54 Å². The van der Waals surface area contributed by atoms with E-state index in [4.69, 9.17) is 0 Å². The van der Waals surface area contributed by atoms with Gasteiger partial charge in [0.25, 0.3) is 11.5 Å². The minimum Gasteiger partial charge on any atom is -0.347 e. The van der Waals surface area contributed by atoms with Crippen molar-refractivity contribution in [1.29, 1.82) is 0 Å². The second kappa shape index (κ2) is 6.27. The van der Waals surface area contributed by atoms with Crippen molar-refractivity contribution in [3.8, 4) is 0 Å². The van der Waals surface area contributed by atoms with Crippen LogP contribution in [0, 0.1) is 0 Å². The fourth-order valence-electron chi connectivity index (χ4n) is 2.30. The van der Waals surface area contributed by atoms with Crippen molar-refractivity contribution >= 4 is 16.8 Å². The van der Waals surface area contributed by atoms with E-state index >= 15 is 0 Å². The highest BCUT2D eigenvalue weighted by atomic mass is 16.2. The number of benzene rings is 1. The molecule has 2 aromatic rings. The van der Waals surface area contributed by atoms with Gasteiger partial charge in [0, 0.05) is 5.54 Å². The number of aromatic amines is 1. The lowest BCUT2D eigenvalue weighted by Gasteiger charge is -2.21. The highest BCUT2D eigenvalue weighted by Gasteiger charge is 2.18. The Balaban J connectivity index is 2.07. The number of hydrogen-bond acceptors (Lipinski definition) is 3. The molecule has 0 radical (unpaired) electrons. The molecule has 1 aromatic carbocycles.